The maximum Gasteiger partial charge on any atom is 0.230 e. The van der Waals surface area contributed by atoms with E-state index in [1.807, 2.05) is 30.3 Å². The molecule has 7 nitrogen and oxygen atoms in total. The van der Waals surface area contributed by atoms with Crippen LogP contribution in [0.15, 0.2) is 30.3 Å². The van der Waals surface area contributed by atoms with Gasteiger partial charge in [0.2, 0.25) is 16.2 Å². The van der Waals surface area contributed by atoms with E-state index in [9.17, 15) is 4.79 Å². The van der Waals surface area contributed by atoms with Gasteiger partial charge >= 0.3 is 0 Å². The highest BCUT2D eigenvalue weighted by Crippen LogP contribution is 2.19. The van der Waals surface area contributed by atoms with E-state index in [2.05, 4.69) is 25.7 Å². The molecule has 0 bridgehead atoms. The molecular weight excluding hydrogens is 356 g/mol. The first kappa shape index (κ1) is 17.4. The summed E-state index contributed by atoms with van der Waals surface area (Å²) in [6.07, 6.45) is 4.01. The Morgan fingerprint density at radius 3 is 2.32 bits per heavy atom. The number of nitrogen functional groups attached to an aromatic ring is 1. The molecule has 1 amide bonds. The van der Waals surface area contributed by atoms with Gasteiger partial charge in [0, 0.05) is 12.8 Å². The normalized spacial score (nSPS) is 10.7. The first-order valence-electron chi connectivity index (χ1n) is 7.93. The summed E-state index contributed by atoms with van der Waals surface area (Å²) in [7, 11) is 0. The van der Waals surface area contributed by atoms with Crippen molar-refractivity contribution in [3.05, 3.63) is 45.9 Å². The van der Waals surface area contributed by atoms with Gasteiger partial charge in [-0.05, 0) is 18.4 Å². The lowest BCUT2D eigenvalue weighted by Gasteiger charge is -2.00. The molecule has 25 heavy (non-hydrogen) atoms. The van der Waals surface area contributed by atoms with E-state index in [0.717, 1.165) is 41.3 Å². The minimum Gasteiger partial charge on any atom is -0.374 e. The second-order valence-corrected chi connectivity index (χ2v) is 7.61. The molecule has 0 atom stereocenters. The van der Waals surface area contributed by atoms with Crippen LogP contribution >= 0.6 is 22.7 Å². The fraction of sp³-hybridized carbons (Fsp3) is 0.312. The zero-order valence-electron chi connectivity index (χ0n) is 13.5. The summed E-state index contributed by atoms with van der Waals surface area (Å²) < 4.78 is 0. The Hall–Kier alpha value is -2.39. The van der Waals surface area contributed by atoms with Gasteiger partial charge in [0.05, 0.1) is 6.42 Å². The predicted molar refractivity (Wildman–Crippen MR) is 99.6 cm³/mol. The SMILES string of the molecule is Nc1nnc(CCCCc2nnc(NC(=O)Cc3ccccc3)s2)s1. The third-order valence-corrected chi connectivity index (χ3v) is 5.15. The van der Waals surface area contributed by atoms with Crippen LogP contribution in [0.25, 0.3) is 0 Å². The molecule has 2 aromatic heterocycles. The Morgan fingerprint density at radius 1 is 0.960 bits per heavy atom. The molecule has 2 heterocycles. The van der Waals surface area contributed by atoms with E-state index in [0.29, 0.717) is 16.7 Å². The number of aryl methyl sites for hydroxylation is 2. The van der Waals surface area contributed by atoms with Crippen LogP contribution < -0.4 is 11.1 Å². The van der Waals surface area contributed by atoms with Gasteiger partial charge in [0.15, 0.2) is 0 Å². The highest BCUT2D eigenvalue weighted by Gasteiger charge is 2.09. The Morgan fingerprint density at radius 2 is 1.64 bits per heavy atom. The van der Waals surface area contributed by atoms with Gasteiger partial charge in [0.1, 0.15) is 10.0 Å². The van der Waals surface area contributed by atoms with Gasteiger partial charge in [-0.15, -0.1) is 20.4 Å². The zero-order valence-corrected chi connectivity index (χ0v) is 15.1. The van der Waals surface area contributed by atoms with Gasteiger partial charge < -0.3 is 11.1 Å². The van der Waals surface area contributed by atoms with Crippen LogP contribution in [0.1, 0.15) is 28.4 Å². The van der Waals surface area contributed by atoms with Crippen molar-refractivity contribution >= 4 is 38.8 Å². The molecule has 0 saturated carbocycles. The van der Waals surface area contributed by atoms with Gasteiger partial charge in [0.25, 0.3) is 0 Å². The van der Waals surface area contributed by atoms with Crippen LogP contribution in [0.5, 0.6) is 0 Å². The highest BCUT2D eigenvalue weighted by molar-refractivity contribution is 7.15. The Kier molecular flexibility index (Phi) is 6.02. The van der Waals surface area contributed by atoms with Gasteiger partial charge in [-0.3, -0.25) is 4.79 Å². The van der Waals surface area contributed by atoms with Crippen molar-refractivity contribution in [2.24, 2.45) is 0 Å². The summed E-state index contributed by atoms with van der Waals surface area (Å²) in [5.74, 6) is -0.0808. The fourth-order valence-electron chi connectivity index (χ4n) is 2.27. The second kappa shape index (κ2) is 8.63. The van der Waals surface area contributed by atoms with Crippen molar-refractivity contribution < 1.29 is 4.79 Å². The van der Waals surface area contributed by atoms with Crippen molar-refractivity contribution in [2.75, 3.05) is 11.1 Å². The number of nitrogens with zero attached hydrogens (tertiary/aromatic N) is 4. The number of hydrogen-bond acceptors (Lipinski definition) is 8. The van der Waals surface area contributed by atoms with Crippen molar-refractivity contribution in [2.45, 2.75) is 32.1 Å². The second-order valence-electron chi connectivity index (χ2n) is 5.45. The van der Waals surface area contributed by atoms with E-state index in [1.54, 1.807) is 0 Å². The number of benzene rings is 1. The van der Waals surface area contributed by atoms with Crippen molar-refractivity contribution in [3.63, 3.8) is 0 Å². The number of carbonyl (C=O) groups excluding carboxylic acids is 1. The molecule has 9 heteroatoms. The summed E-state index contributed by atoms with van der Waals surface area (Å²) in [6, 6.07) is 9.62. The Labute approximate surface area is 153 Å². The molecule has 0 radical (unpaired) electrons. The Balaban J connectivity index is 1.40. The smallest absolute Gasteiger partial charge is 0.230 e. The predicted octanol–water partition coefficient (Wildman–Crippen LogP) is 2.72. The lowest BCUT2D eigenvalue weighted by molar-refractivity contribution is -0.115. The van der Waals surface area contributed by atoms with Crippen molar-refractivity contribution in [3.8, 4) is 0 Å². The van der Waals surface area contributed by atoms with Crippen LogP contribution in [-0.2, 0) is 24.1 Å². The summed E-state index contributed by atoms with van der Waals surface area (Å²) in [4.78, 5) is 12.0. The monoisotopic (exact) mass is 374 g/mol. The molecule has 1 aromatic carbocycles. The van der Waals surface area contributed by atoms with Crippen LogP contribution in [0, 0.1) is 0 Å². The largest absolute Gasteiger partial charge is 0.374 e. The van der Waals surface area contributed by atoms with Crippen molar-refractivity contribution in [1.29, 1.82) is 0 Å². The van der Waals surface area contributed by atoms with E-state index in [-0.39, 0.29) is 5.91 Å². The van der Waals surface area contributed by atoms with Crippen LogP contribution in [0.2, 0.25) is 0 Å². The number of rotatable bonds is 8. The molecule has 3 N–H and O–H groups in total. The zero-order chi connectivity index (χ0) is 17.5. The molecule has 0 aliphatic heterocycles. The molecule has 0 spiro atoms. The molecular formula is C16H18N6OS2. The first-order chi connectivity index (χ1) is 12.2. The number of unbranched alkanes of at least 4 members (excludes halogenated alkanes) is 1. The first-order valence-corrected chi connectivity index (χ1v) is 9.56. The topological polar surface area (TPSA) is 107 Å². The fourth-order valence-corrected chi connectivity index (χ4v) is 3.72. The van der Waals surface area contributed by atoms with Gasteiger partial charge in [-0.1, -0.05) is 53.0 Å². The third kappa shape index (κ3) is 5.57. The van der Waals surface area contributed by atoms with Gasteiger partial charge in [-0.2, -0.15) is 0 Å². The number of hydrogen-bond donors (Lipinski definition) is 2. The molecule has 0 aliphatic carbocycles. The lowest BCUT2D eigenvalue weighted by atomic mass is 10.1. The average molecular weight is 374 g/mol. The maximum atomic E-state index is 12.0. The summed E-state index contributed by atoms with van der Waals surface area (Å²) in [6.45, 7) is 0. The average Bonchev–Trinajstić information content (AvgIpc) is 3.21. The molecule has 130 valence electrons. The number of nitrogens with two attached hydrogens (primary N) is 1. The van der Waals surface area contributed by atoms with Crippen LogP contribution in [0.3, 0.4) is 0 Å². The molecule has 3 aromatic rings. The van der Waals surface area contributed by atoms with E-state index in [1.165, 1.54) is 22.7 Å². The maximum absolute atomic E-state index is 12.0. The Bertz CT molecular complexity index is 817. The quantitative estimate of drug-likeness (QED) is 0.587. The number of nitrogens with one attached hydrogen (secondary N) is 1. The molecule has 0 fully saturated rings. The van der Waals surface area contributed by atoms with Crippen LogP contribution in [-0.4, -0.2) is 26.3 Å². The van der Waals surface area contributed by atoms with E-state index >= 15 is 0 Å². The van der Waals surface area contributed by atoms with Crippen LogP contribution in [0.4, 0.5) is 10.3 Å². The number of aromatic nitrogens is 4. The van der Waals surface area contributed by atoms with E-state index < -0.39 is 0 Å². The minimum absolute atomic E-state index is 0.0808. The molecule has 0 saturated heterocycles. The summed E-state index contributed by atoms with van der Waals surface area (Å²) >= 11 is 2.85. The number of carbonyl (C=O) groups is 1. The molecule has 0 aliphatic rings. The summed E-state index contributed by atoms with van der Waals surface area (Å²) in [5.41, 5.74) is 6.53. The molecule has 3 rings (SSSR count). The lowest BCUT2D eigenvalue weighted by Crippen LogP contribution is -2.14. The minimum atomic E-state index is -0.0808. The van der Waals surface area contributed by atoms with E-state index in [4.69, 9.17) is 5.73 Å². The molecule has 0 unspecified atom stereocenters. The third-order valence-electron chi connectivity index (χ3n) is 3.43. The standard InChI is InChI=1S/C16H18N6OS2/c17-15-21-19-13(24-15)8-4-5-9-14-20-22-16(25-14)18-12(23)10-11-6-2-1-3-7-11/h1-3,6-7H,4-5,8-10H2,(H2,17,21)(H,18,22,23). The highest BCUT2D eigenvalue weighted by atomic mass is 32.1. The summed E-state index contributed by atoms with van der Waals surface area (Å²) in [5, 5.41) is 21.7. The van der Waals surface area contributed by atoms with Gasteiger partial charge in [-0.25, -0.2) is 0 Å². The van der Waals surface area contributed by atoms with Crippen molar-refractivity contribution in [1.82, 2.24) is 20.4 Å². The number of anilines is 2. The number of amides is 1.